The van der Waals surface area contributed by atoms with Crippen LogP contribution in [0.2, 0.25) is 0 Å². The summed E-state index contributed by atoms with van der Waals surface area (Å²) < 4.78 is 4.95. The predicted molar refractivity (Wildman–Crippen MR) is 79.7 cm³/mol. The van der Waals surface area contributed by atoms with Crippen molar-refractivity contribution in [1.82, 2.24) is 15.2 Å². The zero-order chi connectivity index (χ0) is 15.8. The molecule has 0 radical (unpaired) electrons. The van der Waals surface area contributed by atoms with Crippen LogP contribution in [0.1, 0.15) is 20.4 Å². The van der Waals surface area contributed by atoms with Gasteiger partial charge in [0.2, 0.25) is 0 Å². The molecule has 0 aliphatic heterocycles. The topological polar surface area (TPSA) is 91.8 Å². The van der Waals surface area contributed by atoms with Gasteiger partial charge in [0.25, 0.3) is 0 Å². The van der Waals surface area contributed by atoms with Gasteiger partial charge >= 0.3 is 12.0 Å². The number of aryl methyl sites for hydroxylation is 1. The lowest BCUT2D eigenvalue weighted by Gasteiger charge is -2.20. The SMILES string of the molecule is C=CCN(CCOC)C(=O)NCc1nc(C)c(C(=O)O)s1. The van der Waals surface area contributed by atoms with Crippen molar-refractivity contribution in [2.24, 2.45) is 0 Å². The van der Waals surface area contributed by atoms with E-state index in [2.05, 4.69) is 16.9 Å². The van der Waals surface area contributed by atoms with Gasteiger partial charge < -0.3 is 20.1 Å². The predicted octanol–water partition coefficient (Wildman–Crippen LogP) is 1.49. The first kappa shape index (κ1) is 17.1. The van der Waals surface area contributed by atoms with E-state index in [-0.39, 0.29) is 17.5 Å². The minimum absolute atomic E-state index is 0.193. The van der Waals surface area contributed by atoms with Crippen LogP contribution in [0.4, 0.5) is 4.79 Å². The van der Waals surface area contributed by atoms with E-state index in [1.54, 1.807) is 25.0 Å². The number of amides is 2. The lowest BCUT2D eigenvalue weighted by molar-refractivity contribution is 0.0701. The lowest BCUT2D eigenvalue weighted by atomic mass is 10.4. The smallest absolute Gasteiger partial charge is 0.347 e. The Balaban J connectivity index is 2.59. The van der Waals surface area contributed by atoms with E-state index in [1.807, 2.05) is 0 Å². The van der Waals surface area contributed by atoms with Crippen LogP contribution in [-0.4, -0.2) is 53.8 Å². The number of urea groups is 1. The molecular weight excluding hydrogens is 294 g/mol. The third kappa shape index (κ3) is 5.16. The number of aromatic carboxylic acids is 1. The van der Waals surface area contributed by atoms with Gasteiger partial charge in [0.05, 0.1) is 18.8 Å². The van der Waals surface area contributed by atoms with Crippen molar-refractivity contribution in [3.8, 4) is 0 Å². The summed E-state index contributed by atoms with van der Waals surface area (Å²) in [7, 11) is 1.57. The summed E-state index contributed by atoms with van der Waals surface area (Å²) in [5, 5.41) is 12.2. The first-order valence-electron chi connectivity index (χ1n) is 6.31. The number of carbonyl (C=O) groups excluding carboxylic acids is 1. The fourth-order valence-electron chi connectivity index (χ4n) is 1.62. The standard InChI is InChI=1S/C13H19N3O4S/c1-4-5-16(6-7-20-3)13(19)14-8-10-15-9(2)11(21-10)12(17)18/h4H,1,5-8H2,2-3H3,(H,14,19)(H,17,18). The molecule has 0 unspecified atom stereocenters. The summed E-state index contributed by atoms with van der Waals surface area (Å²) in [6.07, 6.45) is 1.63. The van der Waals surface area contributed by atoms with Crippen LogP contribution in [0.3, 0.4) is 0 Å². The number of ether oxygens (including phenoxy) is 1. The Hall–Kier alpha value is -1.93. The van der Waals surface area contributed by atoms with Gasteiger partial charge in [-0.05, 0) is 6.92 Å². The molecule has 8 heteroatoms. The highest BCUT2D eigenvalue weighted by molar-refractivity contribution is 7.13. The molecule has 1 rings (SSSR count). The summed E-state index contributed by atoms with van der Waals surface area (Å²) in [5.74, 6) is -1.00. The number of nitrogens with one attached hydrogen (secondary N) is 1. The average Bonchev–Trinajstić information content (AvgIpc) is 2.82. The van der Waals surface area contributed by atoms with Gasteiger partial charge in [-0.2, -0.15) is 0 Å². The Morgan fingerprint density at radius 3 is 2.81 bits per heavy atom. The maximum Gasteiger partial charge on any atom is 0.347 e. The second kappa shape index (κ2) is 8.38. The quantitative estimate of drug-likeness (QED) is 0.710. The number of thiazole rings is 1. The highest BCUT2D eigenvalue weighted by atomic mass is 32.1. The monoisotopic (exact) mass is 313 g/mol. The maximum atomic E-state index is 12.0. The molecule has 0 atom stereocenters. The number of hydrogen-bond acceptors (Lipinski definition) is 5. The second-order valence-corrected chi connectivity index (χ2v) is 5.30. The Bertz CT molecular complexity index is 516. The molecule has 2 N–H and O–H groups in total. The molecule has 1 heterocycles. The summed E-state index contributed by atoms with van der Waals surface area (Å²) in [6, 6.07) is -0.267. The van der Waals surface area contributed by atoms with Crippen molar-refractivity contribution in [1.29, 1.82) is 0 Å². The van der Waals surface area contributed by atoms with E-state index in [1.165, 1.54) is 0 Å². The van der Waals surface area contributed by atoms with Gasteiger partial charge in [-0.25, -0.2) is 14.6 Å². The number of nitrogens with zero attached hydrogens (tertiary/aromatic N) is 2. The van der Waals surface area contributed by atoms with E-state index in [0.29, 0.717) is 30.4 Å². The molecule has 21 heavy (non-hydrogen) atoms. The Morgan fingerprint density at radius 2 is 2.29 bits per heavy atom. The summed E-state index contributed by atoms with van der Waals surface area (Å²) in [5.41, 5.74) is 0.457. The third-order valence-corrected chi connectivity index (χ3v) is 3.77. The van der Waals surface area contributed by atoms with Gasteiger partial charge in [-0.1, -0.05) is 6.08 Å². The molecule has 0 fully saturated rings. The van der Waals surface area contributed by atoms with Gasteiger partial charge in [-0.3, -0.25) is 0 Å². The maximum absolute atomic E-state index is 12.0. The zero-order valence-electron chi connectivity index (χ0n) is 12.1. The fraction of sp³-hybridized carbons (Fsp3) is 0.462. The zero-order valence-corrected chi connectivity index (χ0v) is 12.9. The molecule has 7 nitrogen and oxygen atoms in total. The molecule has 0 aromatic carbocycles. The molecule has 1 aromatic heterocycles. The van der Waals surface area contributed by atoms with Crippen molar-refractivity contribution in [2.75, 3.05) is 26.8 Å². The van der Waals surface area contributed by atoms with Crippen molar-refractivity contribution < 1.29 is 19.4 Å². The third-order valence-electron chi connectivity index (χ3n) is 2.63. The number of rotatable bonds is 8. The van der Waals surface area contributed by atoms with Crippen LogP contribution in [0, 0.1) is 6.92 Å². The van der Waals surface area contributed by atoms with E-state index in [4.69, 9.17) is 9.84 Å². The van der Waals surface area contributed by atoms with E-state index >= 15 is 0 Å². The molecule has 2 amide bonds. The molecule has 0 saturated carbocycles. The first-order chi connectivity index (χ1) is 9.99. The van der Waals surface area contributed by atoms with Crippen molar-refractivity contribution in [3.05, 3.63) is 28.2 Å². The molecule has 0 bridgehead atoms. The number of hydrogen-bond donors (Lipinski definition) is 2. The lowest BCUT2D eigenvalue weighted by Crippen LogP contribution is -2.41. The number of carboxylic acid groups (broad SMARTS) is 1. The number of carbonyl (C=O) groups is 2. The Kier molecular flexibility index (Phi) is 6.83. The Labute approximate surface area is 127 Å². The van der Waals surface area contributed by atoms with Crippen LogP contribution in [-0.2, 0) is 11.3 Å². The molecule has 1 aromatic rings. The van der Waals surface area contributed by atoms with Crippen LogP contribution in [0.25, 0.3) is 0 Å². The van der Waals surface area contributed by atoms with Gasteiger partial charge in [0.15, 0.2) is 0 Å². The van der Waals surface area contributed by atoms with Crippen LogP contribution in [0.5, 0.6) is 0 Å². The highest BCUT2D eigenvalue weighted by Crippen LogP contribution is 2.17. The summed E-state index contributed by atoms with van der Waals surface area (Å²) in [6.45, 7) is 6.72. The Morgan fingerprint density at radius 1 is 1.57 bits per heavy atom. The van der Waals surface area contributed by atoms with E-state index in [9.17, 15) is 9.59 Å². The molecule has 116 valence electrons. The van der Waals surface area contributed by atoms with Gasteiger partial charge in [0, 0.05) is 20.2 Å². The van der Waals surface area contributed by atoms with E-state index in [0.717, 1.165) is 11.3 Å². The van der Waals surface area contributed by atoms with Crippen LogP contribution in [0.15, 0.2) is 12.7 Å². The van der Waals surface area contributed by atoms with Crippen LogP contribution >= 0.6 is 11.3 Å². The summed E-state index contributed by atoms with van der Waals surface area (Å²) >= 11 is 1.06. The van der Waals surface area contributed by atoms with Gasteiger partial charge in [0.1, 0.15) is 9.88 Å². The largest absolute Gasteiger partial charge is 0.477 e. The van der Waals surface area contributed by atoms with Crippen molar-refractivity contribution in [3.63, 3.8) is 0 Å². The molecular formula is C13H19N3O4S. The average molecular weight is 313 g/mol. The fourth-order valence-corrected chi connectivity index (χ4v) is 2.47. The first-order valence-corrected chi connectivity index (χ1v) is 7.13. The number of aromatic nitrogens is 1. The second-order valence-electron chi connectivity index (χ2n) is 4.21. The molecule has 0 aliphatic carbocycles. The van der Waals surface area contributed by atoms with Crippen molar-refractivity contribution in [2.45, 2.75) is 13.5 Å². The van der Waals surface area contributed by atoms with Crippen molar-refractivity contribution >= 4 is 23.3 Å². The normalized spacial score (nSPS) is 10.2. The highest BCUT2D eigenvalue weighted by Gasteiger charge is 2.16. The molecule has 0 saturated heterocycles. The summed E-state index contributed by atoms with van der Waals surface area (Å²) in [4.78, 5) is 28.8. The minimum Gasteiger partial charge on any atom is -0.477 e. The minimum atomic E-state index is -1.00. The number of methoxy groups -OCH3 is 1. The molecule has 0 spiro atoms. The van der Waals surface area contributed by atoms with Crippen LogP contribution < -0.4 is 5.32 Å². The van der Waals surface area contributed by atoms with E-state index < -0.39 is 5.97 Å². The molecule has 0 aliphatic rings. The van der Waals surface area contributed by atoms with Gasteiger partial charge in [-0.15, -0.1) is 17.9 Å². The number of carboxylic acids is 1.